The lowest BCUT2D eigenvalue weighted by Crippen LogP contribution is -2.28. The Kier molecular flexibility index (Phi) is 8.69. The largest absolute Gasteiger partial charge is 0.326 e. The van der Waals surface area contributed by atoms with Crippen LogP contribution in [-0.4, -0.2) is 17.5 Å². The summed E-state index contributed by atoms with van der Waals surface area (Å²) in [6, 6.07) is 6.78. The molecule has 132 valence electrons. The number of anilines is 1. The quantitative estimate of drug-likeness (QED) is 0.623. The molecule has 1 aromatic carbocycles. The van der Waals surface area contributed by atoms with Crippen molar-refractivity contribution < 1.29 is 14.4 Å². The van der Waals surface area contributed by atoms with Crippen LogP contribution in [0.5, 0.6) is 0 Å². The van der Waals surface area contributed by atoms with E-state index >= 15 is 0 Å². The standard InChI is InChI=1S/C19H26ClNO3/c1-4-5-6-16(19(24)13(2)3)17(22)11-12-18(23)21-15-9-7-14(20)8-10-15/h7-10,13,16H,4-6,11-12H2,1-3H3,(H,21,23)/t16-/m0/s1. The van der Waals surface area contributed by atoms with E-state index in [9.17, 15) is 14.4 Å². The molecule has 0 fully saturated rings. The summed E-state index contributed by atoms with van der Waals surface area (Å²) in [5.74, 6) is -1.14. The van der Waals surface area contributed by atoms with E-state index in [1.165, 1.54) is 0 Å². The zero-order chi connectivity index (χ0) is 18.1. The van der Waals surface area contributed by atoms with Gasteiger partial charge < -0.3 is 5.32 Å². The maximum absolute atomic E-state index is 12.4. The Bertz CT molecular complexity index is 566. The average Bonchev–Trinajstić information content (AvgIpc) is 2.55. The lowest BCUT2D eigenvalue weighted by molar-refractivity contribution is -0.135. The molecule has 0 unspecified atom stereocenters. The van der Waals surface area contributed by atoms with Gasteiger partial charge >= 0.3 is 0 Å². The van der Waals surface area contributed by atoms with Crippen molar-refractivity contribution in [1.29, 1.82) is 0 Å². The molecule has 1 aromatic rings. The van der Waals surface area contributed by atoms with Crippen molar-refractivity contribution in [2.45, 2.75) is 52.9 Å². The van der Waals surface area contributed by atoms with Crippen LogP contribution in [0.4, 0.5) is 5.69 Å². The minimum atomic E-state index is -0.576. The maximum atomic E-state index is 12.4. The van der Waals surface area contributed by atoms with E-state index in [1.807, 2.05) is 20.8 Å². The van der Waals surface area contributed by atoms with E-state index in [0.29, 0.717) is 17.1 Å². The van der Waals surface area contributed by atoms with Crippen LogP contribution in [0.2, 0.25) is 5.02 Å². The van der Waals surface area contributed by atoms with Crippen LogP contribution in [0.3, 0.4) is 0 Å². The van der Waals surface area contributed by atoms with E-state index in [1.54, 1.807) is 24.3 Å². The number of hydrogen-bond acceptors (Lipinski definition) is 3. The molecule has 0 aliphatic carbocycles. The zero-order valence-electron chi connectivity index (χ0n) is 14.6. The molecule has 0 aromatic heterocycles. The van der Waals surface area contributed by atoms with E-state index < -0.39 is 5.92 Å². The molecule has 0 bridgehead atoms. The summed E-state index contributed by atoms with van der Waals surface area (Å²) in [7, 11) is 0. The van der Waals surface area contributed by atoms with Crippen molar-refractivity contribution in [3.05, 3.63) is 29.3 Å². The highest BCUT2D eigenvalue weighted by atomic mass is 35.5. The normalized spacial score (nSPS) is 12.0. The van der Waals surface area contributed by atoms with Crippen molar-refractivity contribution in [3.8, 4) is 0 Å². The second kappa shape index (κ2) is 10.2. The van der Waals surface area contributed by atoms with Gasteiger partial charge in [0.2, 0.25) is 5.91 Å². The molecular formula is C19H26ClNO3. The van der Waals surface area contributed by atoms with Crippen molar-refractivity contribution in [1.82, 2.24) is 0 Å². The summed E-state index contributed by atoms with van der Waals surface area (Å²) in [5.41, 5.74) is 0.637. The molecule has 5 heteroatoms. The van der Waals surface area contributed by atoms with Gasteiger partial charge in [-0.3, -0.25) is 14.4 Å². The first-order valence-corrected chi connectivity index (χ1v) is 8.84. The van der Waals surface area contributed by atoms with Crippen LogP contribution in [0.15, 0.2) is 24.3 Å². The highest BCUT2D eigenvalue weighted by molar-refractivity contribution is 6.30. The van der Waals surface area contributed by atoms with Gasteiger partial charge in [0.25, 0.3) is 0 Å². The number of carbonyl (C=O) groups is 3. The number of unbranched alkanes of at least 4 members (excludes halogenated alkanes) is 1. The molecule has 1 N–H and O–H groups in total. The van der Waals surface area contributed by atoms with Gasteiger partial charge in [-0.25, -0.2) is 0 Å². The highest BCUT2D eigenvalue weighted by Crippen LogP contribution is 2.19. The molecule has 1 atom stereocenters. The SMILES string of the molecule is CCCC[C@@H](C(=O)CCC(=O)Nc1ccc(Cl)cc1)C(=O)C(C)C. The van der Waals surface area contributed by atoms with Crippen molar-refractivity contribution in [3.63, 3.8) is 0 Å². The number of benzene rings is 1. The lowest BCUT2D eigenvalue weighted by atomic mass is 9.86. The Labute approximate surface area is 149 Å². The van der Waals surface area contributed by atoms with Crippen molar-refractivity contribution >= 4 is 34.8 Å². The fourth-order valence-corrected chi connectivity index (χ4v) is 2.57. The number of carbonyl (C=O) groups excluding carboxylic acids is 3. The Hall–Kier alpha value is -1.68. The molecule has 0 spiro atoms. The number of halogens is 1. The van der Waals surface area contributed by atoms with Gasteiger partial charge in [0.05, 0.1) is 5.92 Å². The topological polar surface area (TPSA) is 63.2 Å². The third-order valence-corrected chi connectivity index (χ3v) is 4.13. The lowest BCUT2D eigenvalue weighted by Gasteiger charge is -2.16. The van der Waals surface area contributed by atoms with Crippen LogP contribution >= 0.6 is 11.6 Å². The smallest absolute Gasteiger partial charge is 0.224 e. The van der Waals surface area contributed by atoms with Crippen LogP contribution in [-0.2, 0) is 14.4 Å². The first-order valence-electron chi connectivity index (χ1n) is 8.47. The molecule has 24 heavy (non-hydrogen) atoms. The maximum Gasteiger partial charge on any atom is 0.224 e. The third-order valence-electron chi connectivity index (χ3n) is 3.87. The number of Topliss-reactive ketones (excluding diaryl/α,β-unsaturated/α-hetero) is 2. The van der Waals surface area contributed by atoms with Crippen LogP contribution < -0.4 is 5.32 Å². The predicted octanol–water partition coefficient (Wildman–Crippen LogP) is 4.66. The van der Waals surface area contributed by atoms with Crippen LogP contribution in [0, 0.1) is 11.8 Å². The number of nitrogens with one attached hydrogen (secondary N) is 1. The predicted molar refractivity (Wildman–Crippen MR) is 97.2 cm³/mol. The fourth-order valence-electron chi connectivity index (χ4n) is 2.44. The molecular weight excluding hydrogens is 326 g/mol. The monoisotopic (exact) mass is 351 g/mol. The Morgan fingerprint density at radius 2 is 1.71 bits per heavy atom. The summed E-state index contributed by atoms with van der Waals surface area (Å²) in [6.45, 7) is 5.64. The highest BCUT2D eigenvalue weighted by Gasteiger charge is 2.27. The first kappa shape index (κ1) is 20.4. The number of hydrogen-bond donors (Lipinski definition) is 1. The number of amides is 1. The number of rotatable bonds is 10. The van der Waals surface area contributed by atoms with Gasteiger partial charge in [-0.1, -0.05) is 45.2 Å². The molecule has 1 amide bonds. The van der Waals surface area contributed by atoms with Gasteiger partial charge in [-0.05, 0) is 30.7 Å². The van der Waals surface area contributed by atoms with Crippen molar-refractivity contribution in [2.24, 2.45) is 11.8 Å². The molecule has 0 saturated carbocycles. The second-order valence-corrected chi connectivity index (χ2v) is 6.71. The summed E-state index contributed by atoms with van der Waals surface area (Å²) in [4.78, 5) is 36.6. The number of ketones is 2. The van der Waals surface area contributed by atoms with Gasteiger partial charge in [0.15, 0.2) is 0 Å². The van der Waals surface area contributed by atoms with Crippen LogP contribution in [0.25, 0.3) is 0 Å². The Balaban J connectivity index is 2.55. The molecule has 0 aliphatic rings. The van der Waals surface area contributed by atoms with Gasteiger partial charge in [0, 0.05) is 29.5 Å². The van der Waals surface area contributed by atoms with Crippen LogP contribution in [0.1, 0.15) is 52.9 Å². The molecule has 0 aliphatic heterocycles. The van der Waals surface area contributed by atoms with E-state index in [4.69, 9.17) is 11.6 Å². The fraction of sp³-hybridized carbons (Fsp3) is 0.526. The van der Waals surface area contributed by atoms with E-state index in [0.717, 1.165) is 12.8 Å². The summed E-state index contributed by atoms with van der Waals surface area (Å²) in [5, 5.41) is 3.32. The van der Waals surface area contributed by atoms with E-state index in [-0.39, 0.29) is 36.2 Å². The van der Waals surface area contributed by atoms with Gasteiger partial charge in [0.1, 0.15) is 11.6 Å². The second-order valence-electron chi connectivity index (χ2n) is 6.27. The average molecular weight is 352 g/mol. The molecule has 0 heterocycles. The van der Waals surface area contributed by atoms with E-state index in [2.05, 4.69) is 5.32 Å². The van der Waals surface area contributed by atoms with Gasteiger partial charge in [-0.2, -0.15) is 0 Å². The Morgan fingerprint density at radius 1 is 1.08 bits per heavy atom. The summed E-state index contributed by atoms with van der Waals surface area (Å²) in [6.07, 6.45) is 2.52. The minimum Gasteiger partial charge on any atom is -0.326 e. The first-order chi connectivity index (χ1) is 11.3. The van der Waals surface area contributed by atoms with Gasteiger partial charge in [-0.15, -0.1) is 0 Å². The minimum absolute atomic E-state index is 0.0217. The molecule has 0 saturated heterocycles. The summed E-state index contributed by atoms with van der Waals surface area (Å²) >= 11 is 5.79. The molecule has 0 radical (unpaired) electrons. The zero-order valence-corrected chi connectivity index (χ0v) is 15.4. The third kappa shape index (κ3) is 6.83. The molecule has 4 nitrogen and oxygen atoms in total. The van der Waals surface area contributed by atoms with Crippen molar-refractivity contribution in [2.75, 3.05) is 5.32 Å². The molecule has 1 rings (SSSR count). The Morgan fingerprint density at radius 3 is 2.25 bits per heavy atom. The summed E-state index contributed by atoms with van der Waals surface area (Å²) < 4.78 is 0.